The van der Waals surface area contributed by atoms with E-state index in [0.29, 0.717) is 5.92 Å². The van der Waals surface area contributed by atoms with Gasteiger partial charge in [-0.15, -0.1) is 0 Å². The zero-order valence-electron chi connectivity index (χ0n) is 11.5. The first kappa shape index (κ1) is 12.1. The summed E-state index contributed by atoms with van der Waals surface area (Å²) in [5, 5.41) is 4.00. The summed E-state index contributed by atoms with van der Waals surface area (Å²) in [6, 6.07) is 3.95. The van der Waals surface area contributed by atoms with Gasteiger partial charge in [0.15, 0.2) is 0 Å². The standard InChI is InChI=1S/C16H15N5.H2/c1-2-17-14-6-5-11(7-18-14)12-8-20-16-13(12)9-19-15(21-16)10-3-4-10;/h2,5-10H,1,3-4H2,(H,17,18)(H,19,20,21);1H. The maximum absolute atomic E-state index is 4.62. The van der Waals surface area contributed by atoms with Crippen molar-refractivity contribution in [1.29, 1.82) is 0 Å². The second-order valence-corrected chi connectivity index (χ2v) is 5.25. The lowest BCUT2D eigenvalue weighted by molar-refractivity contribution is 0.943. The minimum atomic E-state index is 0. The smallest absolute Gasteiger partial charge is 0.141 e. The molecule has 0 aliphatic heterocycles. The van der Waals surface area contributed by atoms with E-state index in [-0.39, 0.29) is 1.43 Å². The van der Waals surface area contributed by atoms with Gasteiger partial charge in [-0.25, -0.2) is 15.0 Å². The summed E-state index contributed by atoms with van der Waals surface area (Å²) in [6.45, 7) is 3.62. The predicted molar refractivity (Wildman–Crippen MR) is 85.0 cm³/mol. The van der Waals surface area contributed by atoms with Gasteiger partial charge in [0.05, 0.1) is 0 Å². The Hall–Kier alpha value is -2.69. The normalized spacial score (nSPS) is 14.3. The van der Waals surface area contributed by atoms with Gasteiger partial charge in [-0.1, -0.05) is 6.58 Å². The highest BCUT2D eigenvalue weighted by Gasteiger charge is 2.26. The highest BCUT2D eigenvalue weighted by molar-refractivity contribution is 5.92. The molecule has 1 aliphatic rings. The second-order valence-electron chi connectivity index (χ2n) is 5.25. The molecule has 0 spiro atoms. The number of aromatic amines is 1. The molecule has 2 N–H and O–H groups in total. The molecule has 1 aliphatic carbocycles. The topological polar surface area (TPSA) is 66.5 Å². The molecule has 5 nitrogen and oxygen atoms in total. The molecule has 0 bridgehead atoms. The summed E-state index contributed by atoms with van der Waals surface area (Å²) in [7, 11) is 0. The van der Waals surface area contributed by atoms with Crippen LogP contribution in [0, 0.1) is 0 Å². The summed E-state index contributed by atoms with van der Waals surface area (Å²) < 4.78 is 0. The van der Waals surface area contributed by atoms with Crippen LogP contribution < -0.4 is 5.32 Å². The second kappa shape index (κ2) is 4.70. The van der Waals surface area contributed by atoms with E-state index in [1.165, 1.54) is 12.8 Å². The van der Waals surface area contributed by atoms with Crippen molar-refractivity contribution < 1.29 is 1.43 Å². The molecule has 0 radical (unpaired) electrons. The van der Waals surface area contributed by atoms with Gasteiger partial charge in [-0.05, 0) is 31.2 Å². The van der Waals surface area contributed by atoms with Gasteiger partial charge in [0, 0.05) is 42.4 Å². The summed E-state index contributed by atoms with van der Waals surface area (Å²) >= 11 is 0. The average molecular weight is 279 g/mol. The number of anilines is 1. The first-order chi connectivity index (χ1) is 10.3. The maximum atomic E-state index is 4.62. The third-order valence-corrected chi connectivity index (χ3v) is 3.72. The van der Waals surface area contributed by atoms with Crippen LogP contribution in [0.4, 0.5) is 5.82 Å². The predicted octanol–water partition coefficient (Wildman–Crippen LogP) is 3.70. The number of aromatic nitrogens is 4. The van der Waals surface area contributed by atoms with E-state index in [9.17, 15) is 0 Å². The summed E-state index contributed by atoms with van der Waals surface area (Å²) in [6.07, 6.45) is 9.75. The molecule has 3 aromatic heterocycles. The third kappa shape index (κ3) is 2.16. The maximum Gasteiger partial charge on any atom is 0.141 e. The van der Waals surface area contributed by atoms with Crippen LogP contribution in [0.1, 0.15) is 26.0 Å². The van der Waals surface area contributed by atoms with Crippen molar-refractivity contribution in [3.05, 3.63) is 49.3 Å². The number of pyridine rings is 1. The average Bonchev–Trinajstić information content (AvgIpc) is 3.28. The highest BCUT2D eigenvalue weighted by Crippen LogP contribution is 2.38. The summed E-state index contributed by atoms with van der Waals surface area (Å²) in [4.78, 5) is 16.7. The van der Waals surface area contributed by atoms with Crippen LogP contribution in [0.2, 0.25) is 0 Å². The molecule has 0 amide bonds. The highest BCUT2D eigenvalue weighted by atomic mass is 15.0. The van der Waals surface area contributed by atoms with Gasteiger partial charge in [-0.2, -0.15) is 0 Å². The lowest BCUT2D eigenvalue weighted by Gasteiger charge is -2.02. The van der Waals surface area contributed by atoms with Gasteiger partial charge in [0.25, 0.3) is 0 Å². The van der Waals surface area contributed by atoms with E-state index in [2.05, 4.69) is 31.8 Å². The van der Waals surface area contributed by atoms with E-state index in [1.54, 1.807) is 6.20 Å². The number of nitrogens with zero attached hydrogens (tertiary/aromatic N) is 3. The number of fused-ring (bicyclic) bond motifs is 1. The Morgan fingerprint density at radius 1 is 1.29 bits per heavy atom. The first-order valence-electron chi connectivity index (χ1n) is 7.03. The molecule has 1 fully saturated rings. The number of nitrogens with one attached hydrogen (secondary N) is 2. The van der Waals surface area contributed by atoms with Gasteiger partial charge in [0.1, 0.15) is 17.3 Å². The Bertz CT molecular complexity index is 805. The van der Waals surface area contributed by atoms with E-state index >= 15 is 0 Å². The molecular formula is C16H17N5. The SMILES string of the molecule is C=CNc1ccc(-c2c[nH]c3nc(C4CC4)ncc23)cn1.[HH]. The lowest BCUT2D eigenvalue weighted by atomic mass is 10.1. The van der Waals surface area contributed by atoms with E-state index < -0.39 is 0 Å². The summed E-state index contributed by atoms with van der Waals surface area (Å²) in [5.41, 5.74) is 3.01. The fourth-order valence-electron chi connectivity index (χ4n) is 2.44. The van der Waals surface area contributed by atoms with Crippen LogP contribution in [-0.2, 0) is 0 Å². The van der Waals surface area contributed by atoms with Crippen molar-refractivity contribution in [2.24, 2.45) is 0 Å². The molecule has 0 aromatic carbocycles. The van der Waals surface area contributed by atoms with Gasteiger partial charge in [0.2, 0.25) is 0 Å². The zero-order valence-corrected chi connectivity index (χ0v) is 11.5. The molecule has 3 aromatic rings. The van der Waals surface area contributed by atoms with Crippen LogP contribution in [0.3, 0.4) is 0 Å². The monoisotopic (exact) mass is 279 g/mol. The van der Waals surface area contributed by atoms with Crippen LogP contribution in [0.25, 0.3) is 22.2 Å². The van der Waals surface area contributed by atoms with Crippen LogP contribution in [0.5, 0.6) is 0 Å². The van der Waals surface area contributed by atoms with E-state index in [4.69, 9.17) is 0 Å². The van der Waals surface area contributed by atoms with E-state index in [1.807, 2.05) is 30.7 Å². The summed E-state index contributed by atoms with van der Waals surface area (Å²) in [5.74, 6) is 2.30. The number of rotatable bonds is 4. The Balaban J connectivity index is 0.00000144. The van der Waals surface area contributed by atoms with Crippen LogP contribution in [0.15, 0.2) is 43.5 Å². The lowest BCUT2D eigenvalue weighted by Crippen LogP contribution is -1.92. The van der Waals surface area contributed by atoms with Crippen molar-refractivity contribution >= 4 is 16.9 Å². The molecule has 0 unspecified atom stereocenters. The Kier molecular flexibility index (Phi) is 2.70. The fraction of sp³-hybridized carbons (Fsp3) is 0.188. The van der Waals surface area contributed by atoms with Crippen molar-refractivity contribution in [1.82, 2.24) is 19.9 Å². The molecule has 1 saturated carbocycles. The van der Waals surface area contributed by atoms with E-state index in [0.717, 1.165) is 33.8 Å². The molecular weight excluding hydrogens is 262 g/mol. The van der Waals surface area contributed by atoms with Crippen LogP contribution >= 0.6 is 0 Å². The van der Waals surface area contributed by atoms with Gasteiger partial charge >= 0.3 is 0 Å². The Labute approximate surface area is 123 Å². The molecule has 0 saturated heterocycles. The van der Waals surface area contributed by atoms with Crippen molar-refractivity contribution in [2.45, 2.75) is 18.8 Å². The molecule has 0 atom stereocenters. The van der Waals surface area contributed by atoms with Crippen molar-refractivity contribution in [3.63, 3.8) is 0 Å². The molecule has 3 heterocycles. The minimum Gasteiger partial charge on any atom is -0.347 e. The molecule has 5 heteroatoms. The quantitative estimate of drug-likeness (QED) is 0.764. The Morgan fingerprint density at radius 3 is 2.90 bits per heavy atom. The van der Waals surface area contributed by atoms with Crippen molar-refractivity contribution in [2.75, 3.05) is 5.32 Å². The number of hydrogen-bond acceptors (Lipinski definition) is 4. The van der Waals surface area contributed by atoms with Crippen LogP contribution in [-0.4, -0.2) is 19.9 Å². The number of hydrogen-bond donors (Lipinski definition) is 2. The Morgan fingerprint density at radius 2 is 2.19 bits per heavy atom. The first-order valence-corrected chi connectivity index (χ1v) is 7.03. The van der Waals surface area contributed by atoms with Gasteiger partial charge in [-0.3, -0.25) is 0 Å². The minimum absolute atomic E-state index is 0. The molecule has 4 rings (SSSR count). The van der Waals surface area contributed by atoms with Gasteiger partial charge < -0.3 is 10.3 Å². The zero-order chi connectivity index (χ0) is 14.2. The molecule has 21 heavy (non-hydrogen) atoms. The fourth-order valence-corrected chi connectivity index (χ4v) is 2.44. The number of H-pyrrole nitrogens is 1. The molecule has 106 valence electrons. The third-order valence-electron chi connectivity index (χ3n) is 3.72. The van der Waals surface area contributed by atoms with Crippen molar-refractivity contribution in [3.8, 4) is 11.1 Å². The largest absolute Gasteiger partial charge is 0.347 e.